The minimum absolute atomic E-state index is 0.231. The number of aromatic amines is 1. The highest BCUT2D eigenvalue weighted by molar-refractivity contribution is 5.80. The Labute approximate surface area is 167 Å². The smallest absolute Gasteiger partial charge is 0.316 e. The van der Waals surface area contributed by atoms with E-state index < -0.39 is 11.1 Å². The maximum absolute atomic E-state index is 12.3. The third kappa shape index (κ3) is 3.63. The molecule has 0 fully saturated rings. The van der Waals surface area contributed by atoms with Gasteiger partial charge >= 0.3 is 11.1 Å². The van der Waals surface area contributed by atoms with Gasteiger partial charge in [-0.3, -0.25) is 9.59 Å². The minimum atomic E-state index is -0.640. The minimum Gasteiger partial charge on any atom is -0.334 e. The van der Waals surface area contributed by atoms with Gasteiger partial charge in [0.05, 0.1) is 11.0 Å². The van der Waals surface area contributed by atoms with E-state index in [1.807, 2.05) is 45.9 Å². The van der Waals surface area contributed by atoms with Crippen LogP contribution < -0.4 is 11.1 Å². The predicted octanol–water partition coefficient (Wildman–Crippen LogP) is 3.68. The summed E-state index contributed by atoms with van der Waals surface area (Å²) < 4.78 is 6.97. The summed E-state index contributed by atoms with van der Waals surface area (Å²) in [4.78, 5) is 31.5. The lowest BCUT2D eigenvalue weighted by molar-refractivity contribution is 0.432. The van der Waals surface area contributed by atoms with Crippen molar-refractivity contribution in [2.75, 3.05) is 0 Å². The van der Waals surface area contributed by atoms with E-state index in [0.717, 1.165) is 16.7 Å². The molecule has 0 bridgehead atoms. The zero-order chi connectivity index (χ0) is 20.7. The summed E-state index contributed by atoms with van der Waals surface area (Å²) in [6, 6.07) is 11.5. The Balaban J connectivity index is 1.80. The molecule has 2 heterocycles. The first-order valence-corrected chi connectivity index (χ1v) is 9.51. The molecule has 2 aromatic heterocycles. The van der Waals surface area contributed by atoms with Gasteiger partial charge in [0.25, 0.3) is 5.89 Å². The molecule has 0 saturated heterocycles. The van der Waals surface area contributed by atoms with Crippen LogP contribution in [0.3, 0.4) is 0 Å². The van der Waals surface area contributed by atoms with Crippen LogP contribution in [0.2, 0.25) is 0 Å². The van der Waals surface area contributed by atoms with Crippen LogP contribution in [-0.4, -0.2) is 19.7 Å². The molecular weight excluding hydrogens is 368 g/mol. The molecule has 148 valence electrons. The van der Waals surface area contributed by atoms with E-state index in [4.69, 9.17) is 4.52 Å². The van der Waals surface area contributed by atoms with Gasteiger partial charge in [0.1, 0.15) is 0 Å². The highest BCUT2D eigenvalue weighted by Crippen LogP contribution is 2.25. The van der Waals surface area contributed by atoms with Crippen molar-refractivity contribution in [1.82, 2.24) is 19.7 Å². The van der Waals surface area contributed by atoms with Crippen LogP contribution in [0.15, 0.2) is 50.5 Å². The molecular formula is C22H22N4O3. The number of H-pyrrole nitrogens is 1. The van der Waals surface area contributed by atoms with Gasteiger partial charge in [0.2, 0.25) is 5.82 Å². The standard InChI is InChI=1S/C22H22N4O3/c1-12(2)11-26-18-6-5-15(10-17(18)23-20(27)22(26)28)19-24-21(29-25-19)16-8-13(3)7-14(4)9-16/h5-10,12H,11H2,1-4H3,(H,23,27). The Morgan fingerprint density at radius 1 is 1.03 bits per heavy atom. The Kier molecular flexibility index (Phi) is 4.66. The van der Waals surface area contributed by atoms with E-state index in [9.17, 15) is 9.59 Å². The maximum atomic E-state index is 12.3. The summed E-state index contributed by atoms with van der Waals surface area (Å²) in [5.74, 6) is 1.09. The van der Waals surface area contributed by atoms with Gasteiger partial charge in [-0.1, -0.05) is 36.2 Å². The van der Waals surface area contributed by atoms with E-state index in [0.29, 0.717) is 34.9 Å². The van der Waals surface area contributed by atoms with Crippen LogP contribution >= 0.6 is 0 Å². The molecule has 1 N–H and O–H groups in total. The molecule has 2 aromatic carbocycles. The van der Waals surface area contributed by atoms with E-state index in [2.05, 4.69) is 21.2 Å². The third-order valence-electron chi connectivity index (χ3n) is 4.68. The number of benzene rings is 2. The topological polar surface area (TPSA) is 93.8 Å². The van der Waals surface area contributed by atoms with Gasteiger partial charge in [-0.2, -0.15) is 4.98 Å². The zero-order valence-corrected chi connectivity index (χ0v) is 16.8. The van der Waals surface area contributed by atoms with Gasteiger partial charge in [0.15, 0.2) is 0 Å². The molecule has 0 spiro atoms. The average Bonchev–Trinajstić information content (AvgIpc) is 3.14. The van der Waals surface area contributed by atoms with Crippen LogP contribution in [-0.2, 0) is 6.54 Å². The Hall–Kier alpha value is -3.48. The molecule has 0 amide bonds. The summed E-state index contributed by atoms with van der Waals surface area (Å²) >= 11 is 0. The monoisotopic (exact) mass is 390 g/mol. The lowest BCUT2D eigenvalue weighted by Gasteiger charge is -2.12. The molecule has 0 unspecified atom stereocenters. The largest absolute Gasteiger partial charge is 0.334 e. The fourth-order valence-electron chi connectivity index (χ4n) is 3.52. The second-order valence-corrected chi connectivity index (χ2v) is 7.80. The van der Waals surface area contributed by atoms with Crippen molar-refractivity contribution in [3.05, 3.63) is 68.2 Å². The summed E-state index contributed by atoms with van der Waals surface area (Å²) in [6.45, 7) is 8.51. The molecule has 0 aliphatic rings. The summed E-state index contributed by atoms with van der Waals surface area (Å²) in [6.07, 6.45) is 0. The van der Waals surface area contributed by atoms with Crippen molar-refractivity contribution in [2.24, 2.45) is 5.92 Å². The van der Waals surface area contributed by atoms with Crippen LogP contribution in [0.25, 0.3) is 33.9 Å². The highest BCUT2D eigenvalue weighted by Gasteiger charge is 2.14. The molecule has 0 saturated carbocycles. The molecule has 0 aliphatic heterocycles. The van der Waals surface area contributed by atoms with E-state index in [-0.39, 0.29) is 5.92 Å². The number of aromatic nitrogens is 4. The Morgan fingerprint density at radius 3 is 2.45 bits per heavy atom. The van der Waals surface area contributed by atoms with E-state index in [1.54, 1.807) is 12.1 Å². The highest BCUT2D eigenvalue weighted by atomic mass is 16.5. The first kappa shape index (κ1) is 18.9. The van der Waals surface area contributed by atoms with Crippen molar-refractivity contribution in [3.63, 3.8) is 0 Å². The van der Waals surface area contributed by atoms with E-state index in [1.165, 1.54) is 4.57 Å². The normalized spacial score (nSPS) is 11.5. The lowest BCUT2D eigenvalue weighted by atomic mass is 10.1. The molecule has 0 radical (unpaired) electrons. The fraction of sp³-hybridized carbons (Fsp3) is 0.273. The summed E-state index contributed by atoms with van der Waals surface area (Å²) in [5.41, 5.74) is 3.84. The Morgan fingerprint density at radius 2 is 1.76 bits per heavy atom. The quantitative estimate of drug-likeness (QED) is 0.537. The first-order valence-electron chi connectivity index (χ1n) is 9.51. The molecule has 7 heteroatoms. The second kappa shape index (κ2) is 7.16. The van der Waals surface area contributed by atoms with Crippen LogP contribution in [0, 0.1) is 19.8 Å². The van der Waals surface area contributed by atoms with Crippen LogP contribution in [0.4, 0.5) is 0 Å². The summed E-state index contributed by atoms with van der Waals surface area (Å²) in [7, 11) is 0. The van der Waals surface area contributed by atoms with Gasteiger partial charge in [0, 0.05) is 17.7 Å². The zero-order valence-electron chi connectivity index (χ0n) is 16.8. The SMILES string of the molecule is Cc1cc(C)cc(-c2nc(-c3ccc4c(c3)[nH]c(=O)c(=O)n4CC(C)C)no2)c1. The number of hydrogen-bond acceptors (Lipinski definition) is 5. The molecule has 29 heavy (non-hydrogen) atoms. The van der Waals surface area contributed by atoms with Crippen LogP contribution in [0.5, 0.6) is 0 Å². The second-order valence-electron chi connectivity index (χ2n) is 7.80. The number of nitrogens with one attached hydrogen (secondary N) is 1. The lowest BCUT2D eigenvalue weighted by Crippen LogP contribution is -2.37. The van der Waals surface area contributed by atoms with Crippen molar-refractivity contribution < 1.29 is 4.52 Å². The molecule has 4 rings (SSSR count). The number of rotatable bonds is 4. The Bertz CT molecular complexity index is 1310. The number of fused-ring (bicyclic) bond motifs is 1. The first-order chi connectivity index (χ1) is 13.8. The molecule has 4 aromatic rings. The average molecular weight is 390 g/mol. The summed E-state index contributed by atoms with van der Waals surface area (Å²) in [5, 5.41) is 4.09. The van der Waals surface area contributed by atoms with Crippen molar-refractivity contribution in [1.29, 1.82) is 0 Å². The van der Waals surface area contributed by atoms with Gasteiger partial charge in [-0.15, -0.1) is 0 Å². The predicted molar refractivity (Wildman–Crippen MR) is 112 cm³/mol. The van der Waals surface area contributed by atoms with Crippen molar-refractivity contribution >= 4 is 11.0 Å². The van der Waals surface area contributed by atoms with E-state index >= 15 is 0 Å². The van der Waals surface area contributed by atoms with Gasteiger partial charge in [-0.05, 0) is 50.1 Å². The third-order valence-corrected chi connectivity index (χ3v) is 4.68. The molecule has 0 aliphatic carbocycles. The fourth-order valence-corrected chi connectivity index (χ4v) is 3.52. The number of nitrogens with zero attached hydrogens (tertiary/aromatic N) is 3. The maximum Gasteiger partial charge on any atom is 0.316 e. The number of aryl methyl sites for hydroxylation is 2. The van der Waals surface area contributed by atoms with Crippen molar-refractivity contribution in [2.45, 2.75) is 34.2 Å². The van der Waals surface area contributed by atoms with Crippen molar-refractivity contribution in [3.8, 4) is 22.8 Å². The molecule has 0 atom stereocenters. The van der Waals surface area contributed by atoms with Gasteiger partial charge in [-0.25, -0.2) is 0 Å². The number of hydrogen-bond donors (Lipinski definition) is 1. The molecule has 7 nitrogen and oxygen atoms in total. The van der Waals surface area contributed by atoms with Crippen LogP contribution in [0.1, 0.15) is 25.0 Å². The van der Waals surface area contributed by atoms with Gasteiger partial charge < -0.3 is 14.1 Å².